The third-order valence-electron chi connectivity index (χ3n) is 3.40. The van der Waals surface area contributed by atoms with Crippen LogP contribution in [0.2, 0.25) is 0 Å². The van der Waals surface area contributed by atoms with E-state index >= 15 is 0 Å². The second kappa shape index (κ2) is 7.33. The second-order valence-corrected chi connectivity index (χ2v) is 5.01. The van der Waals surface area contributed by atoms with Crippen LogP contribution in [0.25, 0.3) is 0 Å². The van der Waals surface area contributed by atoms with Gasteiger partial charge in [0.15, 0.2) is 5.96 Å². The number of hydrogen-bond donors (Lipinski definition) is 2. The summed E-state index contributed by atoms with van der Waals surface area (Å²) < 4.78 is 0. The smallest absolute Gasteiger partial charge is 0.193 e. The van der Waals surface area contributed by atoms with E-state index in [4.69, 9.17) is 5.73 Å². The molecule has 1 atom stereocenters. The molecular formula is C17H22N4. The second-order valence-electron chi connectivity index (χ2n) is 5.01. The number of nitrogens with one attached hydrogen (secondary N) is 1. The minimum atomic E-state index is 0.267. The molecule has 4 heteroatoms. The standard InChI is InChI=1S/C17H22N4/c1-14(21(2)16-11-7-4-8-12-16)13-19-17(18)20-15-9-5-3-6-10-15/h3-12,14H,13H2,1-2H3,(H3,18,19,20). The minimum Gasteiger partial charge on any atom is -0.370 e. The molecule has 0 heterocycles. The van der Waals surface area contributed by atoms with E-state index in [2.05, 4.69) is 41.3 Å². The summed E-state index contributed by atoms with van der Waals surface area (Å²) in [6, 6.07) is 20.3. The zero-order valence-corrected chi connectivity index (χ0v) is 12.5. The van der Waals surface area contributed by atoms with Crippen LogP contribution in [0.4, 0.5) is 11.4 Å². The molecular weight excluding hydrogens is 260 g/mol. The predicted octanol–water partition coefficient (Wildman–Crippen LogP) is 2.94. The highest BCUT2D eigenvalue weighted by Crippen LogP contribution is 2.14. The molecule has 0 aromatic heterocycles. The van der Waals surface area contributed by atoms with E-state index in [-0.39, 0.29) is 6.04 Å². The zero-order chi connectivity index (χ0) is 15.1. The molecule has 0 saturated carbocycles. The van der Waals surface area contributed by atoms with Gasteiger partial charge in [0, 0.05) is 24.5 Å². The van der Waals surface area contributed by atoms with Crippen LogP contribution in [-0.2, 0) is 0 Å². The summed E-state index contributed by atoms with van der Waals surface area (Å²) in [6.45, 7) is 2.77. The number of nitrogens with two attached hydrogens (primary N) is 1. The first-order valence-corrected chi connectivity index (χ1v) is 7.06. The quantitative estimate of drug-likeness (QED) is 0.655. The summed E-state index contributed by atoms with van der Waals surface area (Å²) in [5.41, 5.74) is 8.04. The summed E-state index contributed by atoms with van der Waals surface area (Å²) >= 11 is 0. The molecule has 0 bridgehead atoms. The number of benzene rings is 2. The zero-order valence-electron chi connectivity index (χ0n) is 12.5. The summed E-state index contributed by atoms with van der Waals surface area (Å²) in [4.78, 5) is 6.60. The fourth-order valence-corrected chi connectivity index (χ4v) is 1.98. The first kappa shape index (κ1) is 14.9. The molecule has 2 aromatic carbocycles. The lowest BCUT2D eigenvalue weighted by Crippen LogP contribution is -2.33. The third-order valence-corrected chi connectivity index (χ3v) is 3.40. The van der Waals surface area contributed by atoms with Gasteiger partial charge in [0.1, 0.15) is 0 Å². The maximum Gasteiger partial charge on any atom is 0.193 e. The lowest BCUT2D eigenvalue weighted by Gasteiger charge is -2.25. The van der Waals surface area contributed by atoms with Crippen LogP contribution in [-0.4, -0.2) is 25.6 Å². The Hall–Kier alpha value is -2.49. The Balaban J connectivity index is 1.90. The number of aliphatic imine (C=N–C) groups is 1. The van der Waals surface area contributed by atoms with E-state index in [9.17, 15) is 0 Å². The average molecular weight is 282 g/mol. The van der Waals surface area contributed by atoms with Crippen molar-refractivity contribution in [3.63, 3.8) is 0 Å². The largest absolute Gasteiger partial charge is 0.370 e. The Morgan fingerprint density at radius 1 is 1.10 bits per heavy atom. The van der Waals surface area contributed by atoms with E-state index in [1.54, 1.807) is 0 Å². The van der Waals surface area contributed by atoms with Crippen molar-refractivity contribution in [3.8, 4) is 0 Å². The Morgan fingerprint density at radius 2 is 1.67 bits per heavy atom. The van der Waals surface area contributed by atoms with Crippen molar-refractivity contribution in [3.05, 3.63) is 60.7 Å². The first-order chi connectivity index (χ1) is 10.2. The topological polar surface area (TPSA) is 53.6 Å². The van der Waals surface area contributed by atoms with Gasteiger partial charge in [-0.2, -0.15) is 0 Å². The molecule has 110 valence electrons. The van der Waals surface area contributed by atoms with E-state index in [0.717, 1.165) is 5.69 Å². The first-order valence-electron chi connectivity index (χ1n) is 7.06. The number of rotatable bonds is 5. The van der Waals surface area contributed by atoms with Crippen molar-refractivity contribution >= 4 is 17.3 Å². The molecule has 21 heavy (non-hydrogen) atoms. The molecule has 0 radical (unpaired) electrons. The summed E-state index contributed by atoms with van der Waals surface area (Å²) in [5.74, 6) is 0.439. The molecule has 0 saturated heterocycles. The van der Waals surface area contributed by atoms with Crippen molar-refractivity contribution in [2.45, 2.75) is 13.0 Å². The van der Waals surface area contributed by atoms with Crippen LogP contribution < -0.4 is 16.0 Å². The van der Waals surface area contributed by atoms with E-state index < -0.39 is 0 Å². The molecule has 3 N–H and O–H groups in total. The van der Waals surface area contributed by atoms with Gasteiger partial charge < -0.3 is 16.0 Å². The normalized spacial score (nSPS) is 12.8. The number of guanidine groups is 1. The maximum absolute atomic E-state index is 5.91. The van der Waals surface area contributed by atoms with Gasteiger partial charge in [0.05, 0.1) is 6.54 Å². The number of para-hydroxylation sites is 2. The van der Waals surface area contributed by atoms with E-state index in [1.807, 2.05) is 48.5 Å². The van der Waals surface area contributed by atoms with E-state index in [1.165, 1.54) is 5.69 Å². The Labute approximate surface area is 126 Å². The highest BCUT2D eigenvalue weighted by Gasteiger charge is 2.09. The highest BCUT2D eigenvalue weighted by molar-refractivity contribution is 5.92. The number of likely N-dealkylation sites (N-methyl/N-ethyl adjacent to an activating group) is 1. The molecule has 0 aliphatic rings. The fourth-order valence-electron chi connectivity index (χ4n) is 1.98. The highest BCUT2D eigenvalue weighted by atomic mass is 15.2. The maximum atomic E-state index is 5.91. The fraction of sp³-hybridized carbons (Fsp3) is 0.235. The Bertz CT molecular complexity index is 566. The van der Waals surface area contributed by atoms with Crippen LogP contribution >= 0.6 is 0 Å². The monoisotopic (exact) mass is 282 g/mol. The van der Waals surface area contributed by atoms with Gasteiger partial charge in [0.2, 0.25) is 0 Å². The van der Waals surface area contributed by atoms with E-state index in [0.29, 0.717) is 12.5 Å². The number of anilines is 2. The molecule has 0 aliphatic carbocycles. The summed E-state index contributed by atoms with van der Waals surface area (Å²) in [6.07, 6.45) is 0. The molecule has 1 unspecified atom stereocenters. The van der Waals surface area contributed by atoms with Gasteiger partial charge in [-0.25, -0.2) is 0 Å². The molecule has 4 nitrogen and oxygen atoms in total. The summed E-state index contributed by atoms with van der Waals surface area (Å²) in [7, 11) is 2.07. The van der Waals surface area contributed by atoms with Crippen molar-refractivity contribution < 1.29 is 0 Å². The molecule has 2 aromatic rings. The van der Waals surface area contributed by atoms with Gasteiger partial charge in [-0.05, 0) is 31.2 Å². The van der Waals surface area contributed by atoms with Crippen molar-refractivity contribution in [1.82, 2.24) is 0 Å². The minimum absolute atomic E-state index is 0.267. The van der Waals surface area contributed by atoms with Gasteiger partial charge >= 0.3 is 0 Å². The Morgan fingerprint density at radius 3 is 2.29 bits per heavy atom. The SMILES string of the molecule is CC(CN=C(N)Nc1ccccc1)N(C)c1ccccc1. The predicted molar refractivity (Wildman–Crippen MR) is 90.9 cm³/mol. The van der Waals surface area contributed by atoms with Crippen LogP contribution in [0.15, 0.2) is 65.7 Å². The average Bonchev–Trinajstić information content (AvgIpc) is 2.53. The lowest BCUT2D eigenvalue weighted by atomic mass is 10.2. The molecule has 2 rings (SSSR count). The van der Waals surface area contributed by atoms with Gasteiger partial charge in [0.25, 0.3) is 0 Å². The van der Waals surface area contributed by atoms with Crippen molar-refractivity contribution in [2.24, 2.45) is 10.7 Å². The van der Waals surface area contributed by atoms with Crippen LogP contribution in [0.1, 0.15) is 6.92 Å². The molecule has 0 aliphatic heterocycles. The van der Waals surface area contributed by atoms with Crippen LogP contribution in [0, 0.1) is 0 Å². The molecule has 0 amide bonds. The van der Waals surface area contributed by atoms with Gasteiger partial charge in [-0.1, -0.05) is 36.4 Å². The van der Waals surface area contributed by atoms with Crippen LogP contribution in [0.5, 0.6) is 0 Å². The third kappa shape index (κ3) is 4.53. The molecule has 0 spiro atoms. The Kier molecular flexibility index (Phi) is 5.21. The summed E-state index contributed by atoms with van der Waals surface area (Å²) in [5, 5.41) is 3.09. The van der Waals surface area contributed by atoms with Gasteiger partial charge in [-0.3, -0.25) is 4.99 Å². The van der Waals surface area contributed by atoms with Crippen LogP contribution in [0.3, 0.4) is 0 Å². The molecule has 0 fully saturated rings. The van der Waals surface area contributed by atoms with Crippen molar-refractivity contribution in [2.75, 3.05) is 23.8 Å². The van der Waals surface area contributed by atoms with Crippen molar-refractivity contribution in [1.29, 1.82) is 0 Å². The van der Waals surface area contributed by atoms with Gasteiger partial charge in [-0.15, -0.1) is 0 Å². The number of hydrogen-bond acceptors (Lipinski definition) is 2. The lowest BCUT2D eigenvalue weighted by molar-refractivity contribution is 0.696. The number of nitrogens with zero attached hydrogens (tertiary/aromatic N) is 2.